The molecule has 5 rings (SSSR count). The van der Waals surface area contributed by atoms with Crippen LogP contribution in [0.5, 0.6) is 0 Å². The number of hydrogen-bond donors (Lipinski definition) is 2. The molecule has 0 bridgehead atoms. The zero-order chi connectivity index (χ0) is 25.9. The second-order valence-electron chi connectivity index (χ2n) is 9.40. The summed E-state index contributed by atoms with van der Waals surface area (Å²) in [5.74, 6) is -0.700. The number of halogens is 2. The van der Waals surface area contributed by atoms with Gasteiger partial charge in [-0.25, -0.2) is 14.4 Å². The van der Waals surface area contributed by atoms with Crippen molar-refractivity contribution in [2.45, 2.75) is 44.7 Å². The van der Waals surface area contributed by atoms with Crippen molar-refractivity contribution in [2.75, 3.05) is 0 Å². The third-order valence-electron chi connectivity index (χ3n) is 6.73. The van der Waals surface area contributed by atoms with E-state index in [-0.39, 0.29) is 30.1 Å². The third kappa shape index (κ3) is 5.77. The Morgan fingerprint density at radius 1 is 1.05 bits per heavy atom. The van der Waals surface area contributed by atoms with Crippen molar-refractivity contribution in [2.24, 2.45) is 5.92 Å². The summed E-state index contributed by atoms with van der Waals surface area (Å²) < 4.78 is 14.9. The number of benzene rings is 2. The summed E-state index contributed by atoms with van der Waals surface area (Å²) in [5, 5.41) is 17.8. The molecule has 190 valence electrons. The van der Waals surface area contributed by atoms with Crippen LogP contribution in [-0.2, 0) is 11.3 Å². The summed E-state index contributed by atoms with van der Waals surface area (Å²) in [6.07, 6.45) is 8.23. The molecule has 4 aromatic rings. The molecule has 10 heteroatoms. The Hall–Kier alpha value is -3.85. The fraction of sp³-hybridized carbons (Fsp3) is 0.296. The lowest BCUT2D eigenvalue weighted by Crippen LogP contribution is -2.38. The van der Waals surface area contributed by atoms with Crippen molar-refractivity contribution in [3.05, 3.63) is 77.0 Å². The van der Waals surface area contributed by atoms with Gasteiger partial charge >= 0.3 is 5.97 Å². The van der Waals surface area contributed by atoms with Crippen LogP contribution in [0.4, 0.5) is 4.39 Å². The number of hydrogen-bond acceptors (Lipinski definition) is 5. The first-order valence-corrected chi connectivity index (χ1v) is 12.5. The highest BCUT2D eigenvalue weighted by Crippen LogP contribution is 2.29. The predicted molar refractivity (Wildman–Crippen MR) is 137 cm³/mol. The van der Waals surface area contributed by atoms with E-state index >= 15 is 0 Å². The third-order valence-corrected chi connectivity index (χ3v) is 6.95. The van der Waals surface area contributed by atoms with Crippen LogP contribution in [0.1, 0.15) is 48.0 Å². The summed E-state index contributed by atoms with van der Waals surface area (Å²) in [6, 6.07) is 9.36. The highest BCUT2D eigenvalue weighted by molar-refractivity contribution is 6.32. The molecular weight excluding hydrogens is 497 g/mol. The highest BCUT2D eigenvalue weighted by atomic mass is 35.5. The van der Waals surface area contributed by atoms with Crippen LogP contribution in [0.25, 0.3) is 22.3 Å². The normalized spacial score (nSPS) is 17.6. The maximum Gasteiger partial charge on any atom is 0.303 e. The van der Waals surface area contributed by atoms with Crippen LogP contribution in [0.15, 0.2) is 55.0 Å². The number of carbonyl (C=O) groups is 2. The van der Waals surface area contributed by atoms with Crippen LogP contribution in [0, 0.1) is 11.7 Å². The Morgan fingerprint density at radius 3 is 2.43 bits per heavy atom. The number of fused-ring (bicyclic) bond motifs is 1. The van der Waals surface area contributed by atoms with Gasteiger partial charge in [0.05, 0.1) is 23.8 Å². The summed E-state index contributed by atoms with van der Waals surface area (Å²) in [4.78, 5) is 33.1. The Labute approximate surface area is 217 Å². The van der Waals surface area contributed by atoms with Gasteiger partial charge in [0.25, 0.3) is 5.91 Å². The zero-order valence-electron chi connectivity index (χ0n) is 19.9. The monoisotopic (exact) mass is 521 g/mol. The number of amides is 1. The highest BCUT2D eigenvalue weighted by Gasteiger charge is 2.25. The number of rotatable bonds is 7. The molecule has 8 nitrogen and oxygen atoms in total. The molecule has 1 saturated carbocycles. The van der Waals surface area contributed by atoms with Crippen molar-refractivity contribution in [3.8, 4) is 11.4 Å². The van der Waals surface area contributed by atoms with Gasteiger partial charge in [-0.1, -0.05) is 11.6 Å². The lowest BCUT2D eigenvalue weighted by atomic mass is 9.84. The van der Waals surface area contributed by atoms with Crippen LogP contribution in [0.2, 0.25) is 5.02 Å². The number of nitrogens with zero attached hydrogens (tertiary/aromatic N) is 4. The van der Waals surface area contributed by atoms with Crippen LogP contribution in [-0.4, -0.2) is 42.8 Å². The minimum atomic E-state index is -0.780. The van der Waals surface area contributed by atoms with Gasteiger partial charge in [0.1, 0.15) is 5.82 Å². The standard InChI is InChI=1S/C27H25ClFN5O3/c28-20-10-19-14-32-34(15-17-12-30-26(31-13-17)18-3-5-21(29)6-4-18)25(19)23(11-20)27(37)33-22-7-1-16(2-8-22)9-24(35)36/h3-6,10-14,16,22H,1-2,7-9,15H2,(H,33,37)(H,35,36). The first kappa shape index (κ1) is 24.8. The number of nitrogens with one attached hydrogen (secondary N) is 1. The second kappa shape index (κ2) is 10.6. The molecule has 2 aromatic carbocycles. The number of carboxylic acid groups (broad SMARTS) is 1. The van der Waals surface area contributed by atoms with E-state index in [1.807, 2.05) is 0 Å². The lowest BCUT2D eigenvalue weighted by Gasteiger charge is -2.28. The predicted octanol–water partition coefficient (Wildman–Crippen LogP) is 5.10. The molecule has 2 N–H and O–H groups in total. The smallest absolute Gasteiger partial charge is 0.303 e. The molecule has 1 amide bonds. The van der Waals surface area contributed by atoms with E-state index in [2.05, 4.69) is 20.4 Å². The Balaban J connectivity index is 1.33. The van der Waals surface area contributed by atoms with Crippen molar-refractivity contribution in [3.63, 3.8) is 0 Å². The van der Waals surface area contributed by atoms with E-state index < -0.39 is 5.97 Å². The average Bonchev–Trinajstić information content (AvgIpc) is 3.27. The Kier molecular flexibility index (Phi) is 7.14. The molecule has 0 unspecified atom stereocenters. The first-order chi connectivity index (χ1) is 17.9. The molecule has 1 aliphatic carbocycles. The maximum atomic E-state index is 13.3. The van der Waals surface area contributed by atoms with Gasteiger partial charge in [-0.05, 0) is 68.0 Å². The molecule has 0 radical (unpaired) electrons. The lowest BCUT2D eigenvalue weighted by molar-refractivity contribution is -0.138. The maximum absolute atomic E-state index is 13.3. The molecule has 2 heterocycles. The largest absolute Gasteiger partial charge is 0.481 e. The molecule has 0 saturated heterocycles. The first-order valence-electron chi connectivity index (χ1n) is 12.1. The SMILES string of the molecule is O=C(O)CC1CCC(NC(=O)c2cc(Cl)cc3cnn(Cc4cnc(-c5ccc(F)cc5)nc4)c23)CC1. The van der Waals surface area contributed by atoms with Gasteiger partial charge in [0, 0.05) is 46.4 Å². The molecule has 2 aromatic heterocycles. The van der Waals surface area contributed by atoms with E-state index in [1.54, 1.807) is 47.5 Å². The second-order valence-corrected chi connectivity index (χ2v) is 9.84. The minimum absolute atomic E-state index is 0.0182. The summed E-state index contributed by atoms with van der Waals surface area (Å²) in [5.41, 5.74) is 2.58. The van der Waals surface area contributed by atoms with E-state index in [4.69, 9.17) is 16.7 Å². The van der Waals surface area contributed by atoms with E-state index in [0.717, 1.165) is 36.6 Å². The Morgan fingerprint density at radius 2 is 1.76 bits per heavy atom. The number of aromatic nitrogens is 4. The van der Waals surface area contributed by atoms with Gasteiger partial charge in [-0.3, -0.25) is 14.3 Å². The van der Waals surface area contributed by atoms with Crippen LogP contribution >= 0.6 is 11.6 Å². The van der Waals surface area contributed by atoms with Crippen molar-refractivity contribution < 1.29 is 19.1 Å². The van der Waals surface area contributed by atoms with E-state index in [1.165, 1.54) is 12.1 Å². The molecule has 37 heavy (non-hydrogen) atoms. The van der Waals surface area contributed by atoms with Gasteiger partial charge in [0.2, 0.25) is 0 Å². The molecule has 1 aliphatic rings. The van der Waals surface area contributed by atoms with Gasteiger partial charge in [-0.2, -0.15) is 5.10 Å². The van der Waals surface area contributed by atoms with Crippen molar-refractivity contribution in [1.29, 1.82) is 0 Å². The molecule has 0 spiro atoms. The number of carboxylic acids is 1. The van der Waals surface area contributed by atoms with Gasteiger partial charge in [-0.15, -0.1) is 0 Å². The van der Waals surface area contributed by atoms with Crippen LogP contribution in [0.3, 0.4) is 0 Å². The van der Waals surface area contributed by atoms with E-state index in [9.17, 15) is 14.0 Å². The topological polar surface area (TPSA) is 110 Å². The van der Waals surface area contributed by atoms with Gasteiger partial charge < -0.3 is 10.4 Å². The Bertz CT molecular complexity index is 1430. The molecule has 0 atom stereocenters. The number of aliphatic carboxylic acids is 1. The van der Waals surface area contributed by atoms with Crippen molar-refractivity contribution in [1.82, 2.24) is 25.1 Å². The summed E-state index contributed by atoms with van der Waals surface area (Å²) >= 11 is 6.32. The quantitative estimate of drug-likeness (QED) is 0.350. The van der Waals surface area contributed by atoms with Gasteiger partial charge in [0.15, 0.2) is 5.82 Å². The van der Waals surface area contributed by atoms with Crippen molar-refractivity contribution >= 4 is 34.4 Å². The van der Waals surface area contributed by atoms with E-state index in [0.29, 0.717) is 34.0 Å². The summed E-state index contributed by atoms with van der Waals surface area (Å²) in [6.45, 7) is 0.343. The molecular formula is C27H25ClFN5O3. The minimum Gasteiger partial charge on any atom is -0.481 e. The fourth-order valence-corrected chi connectivity index (χ4v) is 5.09. The van der Waals surface area contributed by atoms with Crippen LogP contribution < -0.4 is 5.32 Å². The fourth-order valence-electron chi connectivity index (χ4n) is 4.87. The number of carbonyl (C=O) groups excluding carboxylic acids is 1. The summed E-state index contributed by atoms with van der Waals surface area (Å²) in [7, 11) is 0. The zero-order valence-corrected chi connectivity index (χ0v) is 20.7. The molecule has 0 aliphatic heterocycles. The average molecular weight is 522 g/mol. The molecule has 1 fully saturated rings.